The Labute approximate surface area is 181 Å². The van der Waals surface area contributed by atoms with Crippen molar-refractivity contribution in [3.05, 3.63) is 0 Å². The monoisotopic (exact) mass is 422 g/mol. The zero-order chi connectivity index (χ0) is 23.3. The average Bonchev–Trinajstić information content (AvgIpc) is 2.27. The van der Waals surface area contributed by atoms with Crippen molar-refractivity contribution in [1.29, 1.82) is 0 Å². The lowest BCUT2D eigenvalue weighted by atomic mass is 10.1. The van der Waals surface area contributed by atoms with Crippen LogP contribution in [-0.2, 0) is 0 Å². The highest BCUT2D eigenvalue weighted by molar-refractivity contribution is 4.69. The van der Waals surface area contributed by atoms with Crippen molar-refractivity contribution in [3.63, 3.8) is 0 Å². The molecule has 0 aliphatic rings. The van der Waals surface area contributed by atoms with Gasteiger partial charge in [0.05, 0.1) is 96.8 Å². The zero-order valence-electron chi connectivity index (χ0n) is 21.7. The van der Waals surface area contributed by atoms with Crippen LogP contribution in [0.15, 0.2) is 0 Å². The van der Waals surface area contributed by atoms with Gasteiger partial charge in [-0.1, -0.05) is 0 Å². The van der Waals surface area contributed by atoms with Crippen LogP contribution >= 0.6 is 0 Å². The molecule has 0 amide bonds. The highest BCUT2D eigenvalue weighted by Crippen LogP contribution is 2.10. The maximum atomic E-state index is 10.7. The Bertz CT molecular complexity index is 386. The van der Waals surface area contributed by atoms with Crippen LogP contribution < -0.4 is 0 Å². The first kappa shape index (κ1) is 28.7. The third-order valence-corrected chi connectivity index (χ3v) is 3.98. The van der Waals surface area contributed by atoms with E-state index in [1.807, 2.05) is 0 Å². The molecule has 8 heteroatoms. The number of quaternary nitrogens is 4. The summed E-state index contributed by atoms with van der Waals surface area (Å²) in [6, 6.07) is 0. The normalized spacial score (nSPS) is 16.6. The second kappa shape index (κ2) is 10.8. The lowest BCUT2D eigenvalue weighted by Crippen LogP contribution is -2.55. The van der Waals surface area contributed by atoms with Crippen molar-refractivity contribution in [2.75, 3.05) is 124 Å². The molecule has 176 valence electrons. The van der Waals surface area contributed by atoms with Gasteiger partial charge >= 0.3 is 0 Å². The minimum atomic E-state index is -0.543. The molecule has 0 bridgehead atoms. The molecular formula is C21H54N6O2+4. The molecule has 29 heavy (non-hydrogen) atoms. The van der Waals surface area contributed by atoms with Crippen LogP contribution in [0.25, 0.3) is 0 Å². The first-order valence-electron chi connectivity index (χ1n) is 10.7. The molecule has 0 spiro atoms. The summed E-state index contributed by atoms with van der Waals surface area (Å²) in [4.78, 5) is 4.60. The van der Waals surface area contributed by atoms with Crippen molar-refractivity contribution in [2.45, 2.75) is 18.6 Å². The number of nitrogens with zero attached hydrogens (tertiary/aromatic N) is 6. The molecule has 0 radical (unpaired) electrons. The predicted octanol–water partition coefficient (Wildman–Crippen LogP) is -0.643. The maximum Gasteiger partial charge on any atom is 0.138 e. The first-order chi connectivity index (χ1) is 12.7. The number of hydrogen-bond acceptors (Lipinski definition) is 4. The van der Waals surface area contributed by atoms with Crippen molar-refractivity contribution >= 4 is 0 Å². The molecule has 0 fully saturated rings. The summed E-state index contributed by atoms with van der Waals surface area (Å²) < 4.78 is 3.26. The molecule has 0 saturated heterocycles. The van der Waals surface area contributed by atoms with Gasteiger partial charge in [0.1, 0.15) is 26.7 Å². The van der Waals surface area contributed by atoms with Gasteiger partial charge in [0.2, 0.25) is 0 Å². The van der Waals surface area contributed by atoms with Gasteiger partial charge in [0, 0.05) is 19.5 Å². The Morgan fingerprint density at radius 3 is 0.862 bits per heavy atom. The van der Waals surface area contributed by atoms with E-state index in [0.717, 1.165) is 44.6 Å². The van der Waals surface area contributed by atoms with Gasteiger partial charge in [-0.15, -0.1) is 0 Å². The van der Waals surface area contributed by atoms with Gasteiger partial charge in [-0.05, 0) is 0 Å². The van der Waals surface area contributed by atoms with Crippen LogP contribution in [0, 0.1) is 0 Å². The Balaban J connectivity index is 4.92. The van der Waals surface area contributed by atoms with Gasteiger partial charge in [-0.2, -0.15) is 0 Å². The Hall–Kier alpha value is -0.320. The molecule has 0 aromatic carbocycles. The van der Waals surface area contributed by atoms with Crippen LogP contribution in [-0.4, -0.2) is 174 Å². The fourth-order valence-corrected chi connectivity index (χ4v) is 3.78. The fourth-order valence-electron chi connectivity index (χ4n) is 3.78. The number of rotatable bonds is 14. The minimum absolute atomic E-state index is 0.398. The van der Waals surface area contributed by atoms with E-state index < -0.39 is 12.2 Å². The van der Waals surface area contributed by atoms with Crippen molar-refractivity contribution < 1.29 is 28.1 Å². The van der Waals surface area contributed by atoms with E-state index in [0.29, 0.717) is 19.5 Å². The van der Waals surface area contributed by atoms with Gasteiger partial charge in [0.15, 0.2) is 0 Å². The third-order valence-electron chi connectivity index (χ3n) is 3.98. The third kappa shape index (κ3) is 18.2. The van der Waals surface area contributed by atoms with Crippen molar-refractivity contribution in [3.8, 4) is 0 Å². The highest BCUT2D eigenvalue weighted by Gasteiger charge is 2.27. The van der Waals surface area contributed by atoms with E-state index in [4.69, 9.17) is 0 Å². The van der Waals surface area contributed by atoms with E-state index in [9.17, 15) is 10.2 Å². The number of aliphatic hydroxyl groups is 2. The van der Waals surface area contributed by atoms with E-state index in [1.54, 1.807) is 0 Å². The van der Waals surface area contributed by atoms with Crippen LogP contribution in [0.4, 0.5) is 0 Å². The van der Waals surface area contributed by atoms with E-state index in [1.165, 1.54) is 0 Å². The smallest absolute Gasteiger partial charge is 0.138 e. The van der Waals surface area contributed by atoms with Crippen LogP contribution in [0.1, 0.15) is 6.42 Å². The van der Waals surface area contributed by atoms with E-state index in [-0.39, 0.29) is 0 Å². The van der Waals surface area contributed by atoms with Crippen molar-refractivity contribution in [1.82, 2.24) is 9.80 Å². The number of hydrogen-bond donors (Lipinski definition) is 2. The molecule has 0 aromatic rings. The quantitative estimate of drug-likeness (QED) is 0.289. The molecule has 0 saturated carbocycles. The second-order valence-electron chi connectivity index (χ2n) is 13.0. The highest BCUT2D eigenvalue weighted by atomic mass is 16.3. The van der Waals surface area contributed by atoms with Gasteiger partial charge in [-0.3, -0.25) is 0 Å². The average molecular weight is 423 g/mol. The SMILES string of the molecule is C[N+](C)(C)CN(CC(O)CC(O)CN(C[N+](C)(C)C)C[N+](C)(C)C)C[N+](C)(C)C. The lowest BCUT2D eigenvalue weighted by Gasteiger charge is -2.38. The molecule has 2 unspecified atom stereocenters. The zero-order valence-corrected chi connectivity index (χ0v) is 21.7. The molecule has 0 rings (SSSR count). The van der Waals surface area contributed by atoms with Crippen LogP contribution in [0.5, 0.6) is 0 Å². The van der Waals surface area contributed by atoms with Gasteiger partial charge < -0.3 is 28.1 Å². The molecular weight excluding hydrogens is 368 g/mol. The largest absolute Gasteiger partial charge is 0.392 e. The summed E-state index contributed by atoms with van der Waals surface area (Å²) in [6.07, 6.45) is -0.688. The van der Waals surface area contributed by atoms with E-state index in [2.05, 4.69) is 94.4 Å². The maximum absolute atomic E-state index is 10.7. The molecule has 0 aliphatic heterocycles. The van der Waals surface area contributed by atoms with E-state index >= 15 is 0 Å². The standard InChI is InChI=1S/C21H54N6O2/c1-24(2,3)16-22(17-25(4,5)6)14-20(28)13-21(29)15-23(18-26(7,8)9)19-27(10,11)12/h20-21,28-29H,13-19H2,1-12H3/q+4. The van der Waals surface area contributed by atoms with Gasteiger partial charge in [-0.25, -0.2) is 9.80 Å². The molecule has 0 heterocycles. The molecule has 8 nitrogen and oxygen atoms in total. The van der Waals surface area contributed by atoms with Gasteiger partial charge in [0.25, 0.3) is 0 Å². The second-order valence-corrected chi connectivity index (χ2v) is 13.0. The van der Waals surface area contributed by atoms with Crippen LogP contribution in [0.2, 0.25) is 0 Å². The molecule has 0 aromatic heterocycles. The summed E-state index contributed by atoms with van der Waals surface area (Å²) >= 11 is 0. The summed E-state index contributed by atoms with van der Waals surface area (Å²) in [7, 11) is 26.0. The first-order valence-corrected chi connectivity index (χ1v) is 10.7. The fraction of sp³-hybridized carbons (Fsp3) is 1.00. The Kier molecular flexibility index (Phi) is 10.7. The summed E-state index contributed by atoms with van der Waals surface area (Å²) in [6.45, 7) is 4.59. The summed E-state index contributed by atoms with van der Waals surface area (Å²) in [5, 5.41) is 21.4. The summed E-state index contributed by atoms with van der Waals surface area (Å²) in [5.41, 5.74) is 0. The summed E-state index contributed by atoms with van der Waals surface area (Å²) in [5.74, 6) is 0. The lowest BCUT2D eigenvalue weighted by molar-refractivity contribution is -0.909. The number of aliphatic hydroxyl groups excluding tert-OH is 2. The molecule has 2 N–H and O–H groups in total. The molecule has 2 atom stereocenters. The minimum Gasteiger partial charge on any atom is -0.392 e. The Morgan fingerprint density at radius 1 is 0.483 bits per heavy atom. The molecule has 0 aliphatic carbocycles. The van der Waals surface area contributed by atoms with Crippen LogP contribution in [0.3, 0.4) is 0 Å². The van der Waals surface area contributed by atoms with Crippen molar-refractivity contribution in [2.24, 2.45) is 0 Å². The topological polar surface area (TPSA) is 46.9 Å². The predicted molar refractivity (Wildman–Crippen MR) is 122 cm³/mol. The Morgan fingerprint density at radius 2 is 0.690 bits per heavy atom.